The maximum atomic E-state index is 13.0. The van der Waals surface area contributed by atoms with E-state index >= 15 is 0 Å². The molecule has 2 amide bonds. The summed E-state index contributed by atoms with van der Waals surface area (Å²) in [6.07, 6.45) is 2.15. The molecule has 2 aromatic heterocycles. The first kappa shape index (κ1) is 24.6. The summed E-state index contributed by atoms with van der Waals surface area (Å²) in [7, 11) is -3.12. The molecular weight excluding hydrogens is 475 g/mol. The molecule has 3 heterocycles. The molecule has 11 nitrogen and oxygen atoms in total. The Morgan fingerprint density at radius 2 is 2.06 bits per heavy atom. The first-order valence-corrected chi connectivity index (χ1v) is 12.2. The molecule has 1 fully saturated rings. The van der Waals surface area contributed by atoms with Crippen LogP contribution in [0.15, 0.2) is 42.6 Å². The van der Waals surface area contributed by atoms with Crippen molar-refractivity contribution < 1.29 is 33.1 Å². The number of aryl methyl sites for hydroxylation is 1. The molecule has 3 aromatic rings. The molecule has 1 aliphatic rings. The van der Waals surface area contributed by atoms with E-state index in [9.17, 15) is 18.9 Å². The Kier molecular flexibility index (Phi) is 7.30. The third-order valence-corrected chi connectivity index (χ3v) is 6.09. The summed E-state index contributed by atoms with van der Waals surface area (Å²) >= 11 is 0. The van der Waals surface area contributed by atoms with Crippen LogP contribution in [0.4, 0.5) is 5.82 Å². The van der Waals surface area contributed by atoms with Gasteiger partial charge in [0.05, 0.1) is 0 Å². The monoisotopic (exact) mass is 500 g/mol. The van der Waals surface area contributed by atoms with E-state index in [4.69, 9.17) is 9.63 Å². The number of amides is 2. The molecule has 184 valence electrons. The van der Waals surface area contributed by atoms with Crippen LogP contribution in [-0.4, -0.2) is 56.3 Å². The number of ether oxygens (including phenoxy) is 1. The first-order valence-electron chi connectivity index (χ1n) is 10.9. The number of benzene rings is 1. The van der Waals surface area contributed by atoms with Crippen LogP contribution >= 0.6 is 8.25 Å². The normalized spacial score (nSPS) is 16.0. The molecule has 35 heavy (non-hydrogen) atoms. The fourth-order valence-corrected chi connectivity index (χ4v) is 4.10. The third-order valence-electron chi connectivity index (χ3n) is 5.73. The summed E-state index contributed by atoms with van der Waals surface area (Å²) in [5.74, 6) is 0.0477. The van der Waals surface area contributed by atoms with Crippen molar-refractivity contribution in [2.75, 3.05) is 18.7 Å². The summed E-state index contributed by atoms with van der Waals surface area (Å²) in [5.41, 5.74) is 1.81. The molecule has 0 bridgehead atoms. The van der Waals surface area contributed by atoms with Gasteiger partial charge in [0.15, 0.2) is 12.6 Å². The SMILES string of the molecule is CC(=O)c1cn(CC(=O)N2CCC2C(=O)Nc2cccc(C)n2)c2ccc(OCO[PH](=O)O)cc12. The van der Waals surface area contributed by atoms with Gasteiger partial charge in [0.1, 0.15) is 24.2 Å². The number of nitrogens with zero attached hydrogens (tertiary/aromatic N) is 3. The molecular formula is C23H25N4O7P. The van der Waals surface area contributed by atoms with Gasteiger partial charge in [0, 0.05) is 34.9 Å². The molecule has 0 radical (unpaired) electrons. The number of ketones is 1. The van der Waals surface area contributed by atoms with Crippen molar-refractivity contribution in [2.24, 2.45) is 0 Å². The number of hydrogen-bond donors (Lipinski definition) is 2. The predicted molar refractivity (Wildman–Crippen MR) is 127 cm³/mol. The number of anilines is 1. The zero-order valence-electron chi connectivity index (χ0n) is 19.2. The topological polar surface area (TPSA) is 140 Å². The molecule has 0 aliphatic carbocycles. The van der Waals surface area contributed by atoms with Crippen molar-refractivity contribution in [3.05, 3.63) is 53.9 Å². The standard InChI is InChI=1S/C23H25N4O7P/c1-14-4-3-5-21(24-14)25-23(30)20-8-9-27(20)22(29)12-26-11-18(15(2)28)17-10-16(6-7-19(17)26)33-13-34-35(31)32/h3-7,10-11,20,35H,8-9,12-13H2,1-2H3,(H,31,32)(H,24,25,30). The molecule has 2 atom stereocenters. The summed E-state index contributed by atoms with van der Waals surface area (Å²) in [6.45, 7) is 3.25. The van der Waals surface area contributed by atoms with Crippen LogP contribution in [-0.2, 0) is 25.2 Å². The van der Waals surface area contributed by atoms with Gasteiger partial charge in [-0.05, 0) is 50.6 Å². The van der Waals surface area contributed by atoms with E-state index in [0.717, 1.165) is 5.69 Å². The molecule has 4 rings (SSSR count). The van der Waals surface area contributed by atoms with Crippen LogP contribution in [0.5, 0.6) is 5.75 Å². The zero-order chi connectivity index (χ0) is 25.1. The van der Waals surface area contributed by atoms with Gasteiger partial charge in [-0.3, -0.25) is 23.5 Å². The number of aromatic nitrogens is 2. The van der Waals surface area contributed by atoms with Crippen molar-refractivity contribution in [1.82, 2.24) is 14.5 Å². The highest BCUT2D eigenvalue weighted by molar-refractivity contribution is 7.32. The summed E-state index contributed by atoms with van der Waals surface area (Å²) in [4.78, 5) is 52.5. The second-order valence-corrected chi connectivity index (χ2v) is 8.94. The van der Waals surface area contributed by atoms with Crippen molar-refractivity contribution in [1.29, 1.82) is 0 Å². The molecule has 1 aliphatic heterocycles. The van der Waals surface area contributed by atoms with Crippen molar-refractivity contribution in [3.8, 4) is 5.75 Å². The molecule has 0 spiro atoms. The number of pyridine rings is 1. The number of fused-ring (bicyclic) bond motifs is 1. The van der Waals surface area contributed by atoms with Crippen LogP contribution in [0.2, 0.25) is 0 Å². The smallest absolute Gasteiger partial charge is 0.319 e. The second kappa shape index (κ2) is 10.4. The third kappa shape index (κ3) is 5.59. The van der Waals surface area contributed by atoms with Gasteiger partial charge >= 0.3 is 8.25 Å². The zero-order valence-corrected chi connectivity index (χ0v) is 20.2. The lowest BCUT2D eigenvalue weighted by atomic mass is 10.0. The number of carbonyl (C=O) groups excluding carboxylic acids is 3. The van der Waals surface area contributed by atoms with Gasteiger partial charge in [0.2, 0.25) is 11.8 Å². The van der Waals surface area contributed by atoms with Gasteiger partial charge in [-0.2, -0.15) is 0 Å². The summed E-state index contributed by atoms with van der Waals surface area (Å²) in [5, 5.41) is 3.33. The number of carbonyl (C=O) groups is 3. The maximum Gasteiger partial charge on any atom is 0.319 e. The molecule has 0 saturated carbocycles. The van der Waals surface area contributed by atoms with Crippen molar-refractivity contribution in [3.63, 3.8) is 0 Å². The van der Waals surface area contributed by atoms with Crippen LogP contribution in [0.1, 0.15) is 29.4 Å². The average molecular weight is 500 g/mol. The van der Waals surface area contributed by atoms with Gasteiger partial charge in [-0.25, -0.2) is 4.98 Å². The lowest BCUT2D eigenvalue weighted by molar-refractivity contribution is -0.145. The average Bonchev–Trinajstić information content (AvgIpc) is 3.10. The van der Waals surface area contributed by atoms with E-state index in [1.54, 1.807) is 41.1 Å². The Labute approximate surface area is 201 Å². The van der Waals surface area contributed by atoms with Crippen molar-refractivity contribution >= 4 is 42.6 Å². The maximum absolute atomic E-state index is 13.0. The minimum Gasteiger partial charge on any atom is -0.467 e. The lowest BCUT2D eigenvalue weighted by Gasteiger charge is -2.39. The van der Waals surface area contributed by atoms with Crippen molar-refractivity contribution in [2.45, 2.75) is 32.9 Å². The van der Waals surface area contributed by atoms with Crippen LogP contribution in [0.25, 0.3) is 10.9 Å². The van der Waals surface area contributed by atoms with Gasteiger partial charge in [0.25, 0.3) is 0 Å². The number of rotatable bonds is 9. The Morgan fingerprint density at radius 3 is 2.71 bits per heavy atom. The van der Waals surface area contributed by atoms with Crippen LogP contribution < -0.4 is 10.1 Å². The minimum atomic E-state index is -3.12. The first-order chi connectivity index (χ1) is 16.7. The Bertz CT molecular complexity index is 1320. The van der Waals surface area contributed by atoms with E-state index in [2.05, 4.69) is 14.8 Å². The highest BCUT2D eigenvalue weighted by Crippen LogP contribution is 2.28. The number of hydrogen-bond acceptors (Lipinski definition) is 7. The second-order valence-electron chi connectivity index (χ2n) is 8.12. The van der Waals surface area contributed by atoms with Gasteiger partial charge in [-0.1, -0.05) is 6.07 Å². The number of Topliss-reactive ketones (excluding diaryl/α,β-unsaturated/α-hetero) is 1. The summed E-state index contributed by atoms with van der Waals surface area (Å²) in [6, 6.07) is 9.64. The fraction of sp³-hybridized carbons (Fsp3) is 0.304. The van der Waals surface area contributed by atoms with E-state index < -0.39 is 21.1 Å². The summed E-state index contributed by atoms with van der Waals surface area (Å²) < 4.78 is 22.2. The molecule has 1 aromatic carbocycles. The molecule has 1 saturated heterocycles. The van der Waals surface area contributed by atoms with E-state index in [0.29, 0.717) is 41.0 Å². The predicted octanol–water partition coefficient (Wildman–Crippen LogP) is 2.52. The quantitative estimate of drug-likeness (QED) is 0.260. The Balaban J connectivity index is 1.48. The minimum absolute atomic E-state index is 0.0496. The molecule has 12 heteroatoms. The number of likely N-dealkylation sites (tertiary alicyclic amines) is 1. The molecule has 2 unspecified atom stereocenters. The highest BCUT2D eigenvalue weighted by atomic mass is 31.1. The Morgan fingerprint density at radius 1 is 1.26 bits per heavy atom. The van der Waals surface area contributed by atoms with E-state index in [1.165, 1.54) is 11.8 Å². The lowest BCUT2D eigenvalue weighted by Crippen LogP contribution is -2.57. The van der Waals surface area contributed by atoms with E-state index in [1.807, 2.05) is 13.0 Å². The molecule has 2 N–H and O–H groups in total. The highest BCUT2D eigenvalue weighted by Gasteiger charge is 2.37. The number of nitrogens with one attached hydrogen (secondary N) is 1. The van der Waals surface area contributed by atoms with E-state index in [-0.39, 0.29) is 24.1 Å². The fourth-order valence-electron chi connectivity index (χ4n) is 3.94. The largest absolute Gasteiger partial charge is 0.467 e. The van der Waals surface area contributed by atoms with Gasteiger partial charge < -0.3 is 24.4 Å². The van der Waals surface area contributed by atoms with Crippen LogP contribution in [0.3, 0.4) is 0 Å². The van der Waals surface area contributed by atoms with Crippen LogP contribution in [0, 0.1) is 6.92 Å². The Hall–Kier alpha value is -3.53. The van der Waals surface area contributed by atoms with Gasteiger partial charge in [-0.15, -0.1) is 0 Å².